The fourth-order valence-corrected chi connectivity index (χ4v) is 1.49. The standard InChI is InChI=1S/C12H16FNO2/c1-9-7-11(13)4-3-10(9)8-14(2)6-5-12(15)16/h3-4,7H,5-6,8H2,1-2H3,(H,15,16). The second-order valence-corrected chi connectivity index (χ2v) is 3.95. The molecule has 1 aromatic carbocycles. The lowest BCUT2D eigenvalue weighted by Crippen LogP contribution is -2.21. The number of carboxylic acids is 1. The Morgan fingerprint density at radius 3 is 2.75 bits per heavy atom. The van der Waals surface area contributed by atoms with Crippen molar-refractivity contribution in [2.45, 2.75) is 19.9 Å². The lowest BCUT2D eigenvalue weighted by molar-refractivity contribution is -0.137. The summed E-state index contributed by atoms with van der Waals surface area (Å²) in [6.45, 7) is 2.98. The molecule has 0 aromatic heterocycles. The zero-order valence-electron chi connectivity index (χ0n) is 9.53. The minimum atomic E-state index is -0.803. The van der Waals surface area contributed by atoms with E-state index >= 15 is 0 Å². The van der Waals surface area contributed by atoms with E-state index < -0.39 is 5.97 Å². The fraction of sp³-hybridized carbons (Fsp3) is 0.417. The van der Waals surface area contributed by atoms with Crippen molar-refractivity contribution in [3.8, 4) is 0 Å². The topological polar surface area (TPSA) is 40.5 Å². The van der Waals surface area contributed by atoms with Gasteiger partial charge >= 0.3 is 5.97 Å². The summed E-state index contributed by atoms with van der Waals surface area (Å²) in [6, 6.07) is 4.65. The van der Waals surface area contributed by atoms with Crippen molar-refractivity contribution < 1.29 is 14.3 Å². The molecule has 88 valence electrons. The molecule has 0 bridgehead atoms. The van der Waals surface area contributed by atoms with Crippen LogP contribution in [-0.2, 0) is 11.3 Å². The maximum atomic E-state index is 12.8. The molecule has 1 aromatic rings. The molecule has 0 aliphatic heterocycles. The van der Waals surface area contributed by atoms with Crippen LogP contribution in [0.1, 0.15) is 17.5 Å². The van der Waals surface area contributed by atoms with Crippen molar-refractivity contribution in [2.75, 3.05) is 13.6 Å². The van der Waals surface area contributed by atoms with Gasteiger partial charge < -0.3 is 10.0 Å². The first-order valence-corrected chi connectivity index (χ1v) is 5.14. The molecular weight excluding hydrogens is 209 g/mol. The second-order valence-electron chi connectivity index (χ2n) is 3.95. The van der Waals surface area contributed by atoms with Gasteiger partial charge in [0.2, 0.25) is 0 Å². The smallest absolute Gasteiger partial charge is 0.304 e. The van der Waals surface area contributed by atoms with Gasteiger partial charge in [-0.3, -0.25) is 4.79 Å². The molecule has 1 N–H and O–H groups in total. The van der Waals surface area contributed by atoms with E-state index in [1.807, 2.05) is 18.9 Å². The Morgan fingerprint density at radius 2 is 2.19 bits per heavy atom. The van der Waals surface area contributed by atoms with Crippen LogP contribution >= 0.6 is 0 Å². The van der Waals surface area contributed by atoms with Crippen LogP contribution in [0.5, 0.6) is 0 Å². The van der Waals surface area contributed by atoms with Crippen LogP contribution in [0.4, 0.5) is 4.39 Å². The number of benzene rings is 1. The van der Waals surface area contributed by atoms with Crippen molar-refractivity contribution in [2.24, 2.45) is 0 Å². The highest BCUT2D eigenvalue weighted by Gasteiger charge is 2.06. The fourth-order valence-electron chi connectivity index (χ4n) is 1.49. The molecule has 0 aliphatic carbocycles. The van der Waals surface area contributed by atoms with Gasteiger partial charge in [0.25, 0.3) is 0 Å². The molecule has 0 radical (unpaired) electrons. The largest absolute Gasteiger partial charge is 0.481 e. The number of halogens is 1. The summed E-state index contributed by atoms with van der Waals surface area (Å²) >= 11 is 0. The van der Waals surface area contributed by atoms with Crippen molar-refractivity contribution in [1.82, 2.24) is 4.90 Å². The molecule has 4 heteroatoms. The normalized spacial score (nSPS) is 10.8. The quantitative estimate of drug-likeness (QED) is 0.833. The average Bonchev–Trinajstić information content (AvgIpc) is 2.19. The van der Waals surface area contributed by atoms with Gasteiger partial charge in [-0.05, 0) is 37.2 Å². The summed E-state index contributed by atoms with van der Waals surface area (Å²) < 4.78 is 12.8. The summed E-state index contributed by atoms with van der Waals surface area (Å²) in [5.41, 5.74) is 1.91. The molecule has 0 saturated heterocycles. The highest BCUT2D eigenvalue weighted by molar-refractivity contribution is 5.66. The summed E-state index contributed by atoms with van der Waals surface area (Å²) in [5.74, 6) is -1.04. The summed E-state index contributed by atoms with van der Waals surface area (Å²) in [6.07, 6.45) is 0.122. The van der Waals surface area contributed by atoms with E-state index in [0.29, 0.717) is 13.1 Å². The Hall–Kier alpha value is -1.42. The predicted molar refractivity (Wildman–Crippen MR) is 59.7 cm³/mol. The van der Waals surface area contributed by atoms with E-state index in [-0.39, 0.29) is 12.2 Å². The average molecular weight is 225 g/mol. The number of hydrogen-bond acceptors (Lipinski definition) is 2. The molecule has 3 nitrogen and oxygen atoms in total. The van der Waals surface area contributed by atoms with Crippen LogP contribution in [0.2, 0.25) is 0 Å². The Kier molecular flexibility index (Phi) is 4.43. The number of aryl methyl sites for hydroxylation is 1. The van der Waals surface area contributed by atoms with Crippen molar-refractivity contribution in [3.05, 3.63) is 35.1 Å². The molecule has 0 fully saturated rings. The molecule has 0 saturated carbocycles. The Morgan fingerprint density at radius 1 is 1.50 bits per heavy atom. The number of rotatable bonds is 5. The van der Waals surface area contributed by atoms with E-state index in [0.717, 1.165) is 11.1 Å². The van der Waals surface area contributed by atoms with Crippen LogP contribution in [0.25, 0.3) is 0 Å². The van der Waals surface area contributed by atoms with E-state index in [4.69, 9.17) is 5.11 Å². The molecule has 0 heterocycles. The Labute approximate surface area is 94.5 Å². The first kappa shape index (κ1) is 12.6. The minimum Gasteiger partial charge on any atom is -0.481 e. The highest BCUT2D eigenvalue weighted by Crippen LogP contribution is 2.12. The monoisotopic (exact) mass is 225 g/mol. The predicted octanol–water partition coefficient (Wildman–Crippen LogP) is 2.04. The van der Waals surface area contributed by atoms with Crippen LogP contribution < -0.4 is 0 Å². The zero-order valence-corrected chi connectivity index (χ0v) is 9.53. The minimum absolute atomic E-state index is 0.122. The Balaban J connectivity index is 2.55. The molecule has 0 spiro atoms. The van der Waals surface area contributed by atoms with Crippen LogP contribution in [0.3, 0.4) is 0 Å². The number of nitrogens with zero attached hydrogens (tertiary/aromatic N) is 1. The maximum Gasteiger partial charge on any atom is 0.304 e. The second kappa shape index (κ2) is 5.61. The van der Waals surface area contributed by atoms with Gasteiger partial charge in [-0.1, -0.05) is 6.07 Å². The third-order valence-electron chi connectivity index (χ3n) is 2.45. The number of carboxylic acid groups (broad SMARTS) is 1. The van der Waals surface area contributed by atoms with Gasteiger partial charge in [0.15, 0.2) is 0 Å². The molecule has 0 atom stereocenters. The Bertz CT molecular complexity index is 379. The van der Waals surface area contributed by atoms with E-state index in [1.54, 1.807) is 6.07 Å². The first-order chi connectivity index (χ1) is 7.49. The lowest BCUT2D eigenvalue weighted by Gasteiger charge is -2.16. The van der Waals surface area contributed by atoms with Gasteiger partial charge in [-0.15, -0.1) is 0 Å². The molecule has 0 aliphatic rings. The van der Waals surface area contributed by atoms with Gasteiger partial charge in [0.05, 0.1) is 6.42 Å². The van der Waals surface area contributed by atoms with Crippen molar-refractivity contribution in [1.29, 1.82) is 0 Å². The van der Waals surface area contributed by atoms with Gasteiger partial charge in [-0.2, -0.15) is 0 Å². The number of carbonyl (C=O) groups is 1. The van der Waals surface area contributed by atoms with Crippen LogP contribution in [0.15, 0.2) is 18.2 Å². The van der Waals surface area contributed by atoms with Crippen molar-refractivity contribution in [3.63, 3.8) is 0 Å². The SMILES string of the molecule is Cc1cc(F)ccc1CN(C)CCC(=O)O. The van der Waals surface area contributed by atoms with Gasteiger partial charge in [0.1, 0.15) is 5.82 Å². The molecule has 0 unspecified atom stereocenters. The third kappa shape index (κ3) is 3.98. The van der Waals surface area contributed by atoms with Crippen LogP contribution in [-0.4, -0.2) is 29.6 Å². The summed E-state index contributed by atoms with van der Waals surface area (Å²) in [4.78, 5) is 12.3. The maximum absolute atomic E-state index is 12.8. The van der Waals surface area contributed by atoms with E-state index in [1.165, 1.54) is 12.1 Å². The summed E-state index contributed by atoms with van der Waals surface area (Å²) in [7, 11) is 1.85. The molecule has 0 amide bonds. The van der Waals surface area contributed by atoms with Crippen LogP contribution in [0, 0.1) is 12.7 Å². The summed E-state index contributed by atoms with van der Waals surface area (Å²) in [5, 5.41) is 8.54. The van der Waals surface area contributed by atoms with Gasteiger partial charge in [0, 0.05) is 13.1 Å². The first-order valence-electron chi connectivity index (χ1n) is 5.14. The highest BCUT2D eigenvalue weighted by atomic mass is 19.1. The van der Waals surface area contributed by atoms with E-state index in [9.17, 15) is 9.18 Å². The third-order valence-corrected chi connectivity index (χ3v) is 2.45. The number of hydrogen-bond donors (Lipinski definition) is 1. The zero-order chi connectivity index (χ0) is 12.1. The number of aliphatic carboxylic acids is 1. The van der Waals surface area contributed by atoms with E-state index in [2.05, 4.69) is 0 Å². The van der Waals surface area contributed by atoms with Gasteiger partial charge in [-0.25, -0.2) is 4.39 Å². The molecule has 16 heavy (non-hydrogen) atoms. The molecule has 1 rings (SSSR count). The van der Waals surface area contributed by atoms with Crippen molar-refractivity contribution >= 4 is 5.97 Å². The lowest BCUT2D eigenvalue weighted by atomic mass is 10.1. The molecular formula is C12H16FNO2.